The summed E-state index contributed by atoms with van der Waals surface area (Å²) in [6.07, 6.45) is -4.81. The first-order chi connectivity index (χ1) is 8.19. The van der Waals surface area contributed by atoms with Gasteiger partial charge in [0.2, 0.25) is 0 Å². The van der Waals surface area contributed by atoms with Crippen LogP contribution in [0, 0.1) is 0 Å². The maximum atomic E-state index is 12.0. The van der Waals surface area contributed by atoms with Gasteiger partial charge in [0.1, 0.15) is 5.75 Å². The van der Waals surface area contributed by atoms with E-state index in [-0.39, 0.29) is 16.3 Å². The van der Waals surface area contributed by atoms with Crippen LogP contribution in [0.2, 0.25) is 0 Å². The van der Waals surface area contributed by atoms with E-state index >= 15 is 0 Å². The minimum atomic E-state index is -4.81. The van der Waals surface area contributed by atoms with Crippen LogP contribution in [-0.2, 0) is 9.84 Å². The highest BCUT2D eigenvalue weighted by atomic mass is 32.2. The molecule has 1 rings (SSSR count). The molecular weight excluding hydrogens is 271 g/mol. The molecule has 0 fully saturated rings. The number of benzene rings is 1. The highest BCUT2D eigenvalue weighted by molar-refractivity contribution is 7.91. The first kappa shape index (κ1) is 14.6. The SMILES string of the molecule is CCS(=O)(=O)c1ccc(OC(F)(F)F)cc1NC. The molecule has 102 valence electrons. The highest BCUT2D eigenvalue weighted by Crippen LogP contribution is 2.30. The van der Waals surface area contributed by atoms with Crippen molar-refractivity contribution in [1.82, 2.24) is 0 Å². The van der Waals surface area contributed by atoms with Crippen LogP contribution in [0.1, 0.15) is 6.92 Å². The maximum absolute atomic E-state index is 12.0. The monoisotopic (exact) mass is 283 g/mol. The number of nitrogens with one attached hydrogen (secondary N) is 1. The lowest BCUT2D eigenvalue weighted by molar-refractivity contribution is -0.274. The second kappa shape index (κ2) is 5.05. The van der Waals surface area contributed by atoms with Gasteiger partial charge in [-0.25, -0.2) is 8.42 Å². The van der Waals surface area contributed by atoms with E-state index in [0.29, 0.717) is 0 Å². The van der Waals surface area contributed by atoms with Gasteiger partial charge >= 0.3 is 6.36 Å². The van der Waals surface area contributed by atoms with Gasteiger partial charge in [-0.05, 0) is 12.1 Å². The van der Waals surface area contributed by atoms with Crippen LogP contribution in [0.15, 0.2) is 23.1 Å². The molecule has 0 heterocycles. The number of sulfone groups is 1. The van der Waals surface area contributed by atoms with Crippen LogP contribution in [0.5, 0.6) is 5.75 Å². The van der Waals surface area contributed by atoms with Crippen LogP contribution in [0.25, 0.3) is 0 Å². The third-order valence-corrected chi connectivity index (χ3v) is 3.96. The molecule has 4 nitrogen and oxygen atoms in total. The summed E-state index contributed by atoms with van der Waals surface area (Å²) in [6, 6.07) is 3.05. The van der Waals surface area contributed by atoms with Crippen LogP contribution >= 0.6 is 0 Å². The topological polar surface area (TPSA) is 55.4 Å². The summed E-state index contributed by atoms with van der Waals surface area (Å²) in [5, 5.41) is 2.54. The van der Waals surface area contributed by atoms with E-state index in [1.54, 1.807) is 0 Å². The summed E-state index contributed by atoms with van der Waals surface area (Å²) in [4.78, 5) is -0.0537. The number of rotatable bonds is 4. The molecule has 1 aromatic carbocycles. The molecule has 0 aliphatic heterocycles. The summed E-state index contributed by atoms with van der Waals surface area (Å²) in [5.74, 6) is -0.608. The Morgan fingerprint density at radius 2 is 1.94 bits per heavy atom. The zero-order valence-electron chi connectivity index (χ0n) is 9.71. The van der Waals surface area contributed by atoms with Crippen molar-refractivity contribution in [1.29, 1.82) is 0 Å². The fourth-order valence-corrected chi connectivity index (χ4v) is 2.41. The van der Waals surface area contributed by atoms with Crippen molar-refractivity contribution in [2.24, 2.45) is 0 Å². The van der Waals surface area contributed by atoms with Gasteiger partial charge in [0, 0.05) is 13.1 Å². The molecule has 0 aliphatic carbocycles. The molecule has 1 N–H and O–H groups in total. The molecule has 0 bridgehead atoms. The van der Waals surface area contributed by atoms with Gasteiger partial charge < -0.3 is 10.1 Å². The van der Waals surface area contributed by atoms with Crippen molar-refractivity contribution in [2.45, 2.75) is 18.2 Å². The van der Waals surface area contributed by atoms with Crippen molar-refractivity contribution in [3.8, 4) is 5.75 Å². The van der Waals surface area contributed by atoms with E-state index < -0.39 is 21.9 Å². The zero-order chi connectivity index (χ0) is 14.0. The summed E-state index contributed by atoms with van der Waals surface area (Å²) in [5.41, 5.74) is 0.0681. The fraction of sp³-hybridized carbons (Fsp3) is 0.400. The molecule has 1 aromatic rings. The quantitative estimate of drug-likeness (QED) is 0.922. The molecule has 8 heteroatoms. The number of halogens is 3. The highest BCUT2D eigenvalue weighted by Gasteiger charge is 2.31. The largest absolute Gasteiger partial charge is 0.573 e. The smallest absolute Gasteiger partial charge is 0.406 e. The van der Waals surface area contributed by atoms with E-state index in [1.165, 1.54) is 14.0 Å². The van der Waals surface area contributed by atoms with Crippen molar-refractivity contribution >= 4 is 15.5 Å². The second-order valence-corrected chi connectivity index (χ2v) is 5.61. The van der Waals surface area contributed by atoms with Gasteiger partial charge in [-0.2, -0.15) is 0 Å². The Morgan fingerprint density at radius 1 is 1.33 bits per heavy atom. The minimum Gasteiger partial charge on any atom is -0.406 e. The molecule has 0 aromatic heterocycles. The van der Waals surface area contributed by atoms with Gasteiger partial charge in [-0.3, -0.25) is 0 Å². The molecule has 18 heavy (non-hydrogen) atoms. The molecule has 0 saturated heterocycles. The number of alkyl halides is 3. The number of hydrogen-bond donors (Lipinski definition) is 1. The zero-order valence-corrected chi connectivity index (χ0v) is 10.5. The average Bonchev–Trinajstić information content (AvgIpc) is 2.26. The molecule has 0 aliphatic rings. The first-order valence-corrected chi connectivity index (χ1v) is 6.65. The van der Waals surface area contributed by atoms with Crippen LogP contribution in [-0.4, -0.2) is 27.6 Å². The Hall–Kier alpha value is -1.44. The van der Waals surface area contributed by atoms with E-state index in [1.807, 2.05) is 0 Å². The summed E-state index contributed by atoms with van der Waals surface area (Å²) >= 11 is 0. The van der Waals surface area contributed by atoms with Crippen LogP contribution in [0.3, 0.4) is 0 Å². The van der Waals surface area contributed by atoms with E-state index in [4.69, 9.17) is 0 Å². The number of hydrogen-bond acceptors (Lipinski definition) is 4. The predicted molar refractivity (Wildman–Crippen MR) is 60.4 cm³/mol. The van der Waals surface area contributed by atoms with Crippen molar-refractivity contribution < 1.29 is 26.3 Å². The molecular formula is C10H12F3NO3S. The first-order valence-electron chi connectivity index (χ1n) is 5.00. The molecule has 0 atom stereocenters. The van der Waals surface area contributed by atoms with E-state index in [2.05, 4.69) is 10.1 Å². The van der Waals surface area contributed by atoms with E-state index in [9.17, 15) is 21.6 Å². The van der Waals surface area contributed by atoms with Gasteiger partial charge in [-0.1, -0.05) is 6.92 Å². The van der Waals surface area contributed by atoms with Gasteiger partial charge in [0.05, 0.1) is 16.3 Å². The summed E-state index contributed by atoms with van der Waals surface area (Å²) < 4.78 is 63.1. The van der Waals surface area contributed by atoms with Crippen LogP contribution in [0.4, 0.5) is 18.9 Å². The predicted octanol–water partition coefficient (Wildman–Crippen LogP) is 2.42. The van der Waals surface area contributed by atoms with Crippen molar-refractivity contribution in [3.05, 3.63) is 18.2 Å². The Bertz CT molecular complexity index is 526. The lowest BCUT2D eigenvalue weighted by Gasteiger charge is -2.13. The number of anilines is 1. The van der Waals surface area contributed by atoms with Gasteiger partial charge in [0.25, 0.3) is 0 Å². The summed E-state index contributed by atoms with van der Waals surface area (Å²) in [7, 11) is -2.08. The van der Waals surface area contributed by atoms with Gasteiger partial charge in [0.15, 0.2) is 9.84 Å². The Labute approximate surface area is 103 Å². The third-order valence-electron chi connectivity index (χ3n) is 2.17. The van der Waals surface area contributed by atoms with Crippen molar-refractivity contribution in [3.63, 3.8) is 0 Å². The molecule has 0 unspecified atom stereocenters. The normalized spacial score (nSPS) is 12.3. The summed E-state index contributed by atoms with van der Waals surface area (Å²) in [6.45, 7) is 1.45. The van der Waals surface area contributed by atoms with Crippen LogP contribution < -0.4 is 10.1 Å². The Balaban J connectivity index is 3.20. The Kier molecular flexibility index (Phi) is 4.10. The Morgan fingerprint density at radius 3 is 2.39 bits per heavy atom. The second-order valence-electron chi connectivity index (χ2n) is 3.36. The lowest BCUT2D eigenvalue weighted by atomic mass is 10.3. The maximum Gasteiger partial charge on any atom is 0.573 e. The molecule has 0 spiro atoms. The van der Waals surface area contributed by atoms with Gasteiger partial charge in [-0.15, -0.1) is 13.2 Å². The molecule has 0 saturated carbocycles. The minimum absolute atomic E-state index is 0.0537. The standard InChI is InChI=1S/C10H12F3NO3S/c1-3-18(15,16)9-5-4-7(6-8(9)14-2)17-10(11,12)13/h4-6,14H,3H2,1-2H3. The van der Waals surface area contributed by atoms with Crippen molar-refractivity contribution in [2.75, 3.05) is 18.1 Å². The third kappa shape index (κ3) is 3.52. The fourth-order valence-electron chi connectivity index (χ4n) is 1.33. The molecule has 0 radical (unpaired) electrons. The molecule has 0 amide bonds. The average molecular weight is 283 g/mol. The number of ether oxygens (including phenoxy) is 1. The van der Waals surface area contributed by atoms with E-state index in [0.717, 1.165) is 18.2 Å². The lowest BCUT2D eigenvalue weighted by Crippen LogP contribution is -2.17.